The number of carbonyl (C=O) groups is 1. The highest BCUT2D eigenvalue weighted by Gasteiger charge is 2.35. The molecule has 26 heavy (non-hydrogen) atoms. The molecule has 0 saturated heterocycles. The van der Waals surface area contributed by atoms with Crippen LogP contribution in [0.2, 0.25) is 0 Å². The molecule has 0 saturated carbocycles. The predicted molar refractivity (Wildman–Crippen MR) is 93.5 cm³/mol. The summed E-state index contributed by atoms with van der Waals surface area (Å²) in [5.74, 6) is -0.595. The van der Waals surface area contributed by atoms with Crippen molar-refractivity contribution >= 4 is 29.0 Å². The molecule has 2 aromatic rings. The van der Waals surface area contributed by atoms with Gasteiger partial charge in [0.1, 0.15) is 11.4 Å². The van der Waals surface area contributed by atoms with E-state index >= 15 is 0 Å². The van der Waals surface area contributed by atoms with Gasteiger partial charge in [0.05, 0.1) is 0 Å². The zero-order valence-corrected chi connectivity index (χ0v) is 14.2. The van der Waals surface area contributed by atoms with E-state index in [0.717, 1.165) is 11.9 Å². The molecule has 0 atom stereocenters. The van der Waals surface area contributed by atoms with Crippen molar-refractivity contribution in [3.63, 3.8) is 0 Å². The van der Waals surface area contributed by atoms with Crippen molar-refractivity contribution < 1.29 is 18.0 Å². The lowest BCUT2D eigenvalue weighted by molar-refractivity contribution is -0.137. The fourth-order valence-corrected chi connectivity index (χ4v) is 2.05. The fourth-order valence-electron chi connectivity index (χ4n) is 2.05. The van der Waals surface area contributed by atoms with Crippen LogP contribution in [-0.2, 0) is 11.0 Å². The van der Waals surface area contributed by atoms with E-state index in [9.17, 15) is 18.0 Å². The summed E-state index contributed by atoms with van der Waals surface area (Å²) in [4.78, 5) is 18.5. The van der Waals surface area contributed by atoms with Gasteiger partial charge in [-0.25, -0.2) is 4.98 Å². The summed E-state index contributed by atoms with van der Waals surface area (Å²) in [7, 11) is 1.78. The first-order valence-corrected chi connectivity index (χ1v) is 7.77. The third-order valence-electron chi connectivity index (χ3n) is 3.32. The van der Waals surface area contributed by atoms with Gasteiger partial charge in [-0.15, -0.1) is 0 Å². The van der Waals surface area contributed by atoms with Crippen LogP contribution in [0.25, 0.3) is 0 Å². The second kappa shape index (κ2) is 8.37. The Balaban J connectivity index is 2.16. The van der Waals surface area contributed by atoms with Crippen molar-refractivity contribution in [2.75, 3.05) is 36.1 Å². The van der Waals surface area contributed by atoms with Crippen molar-refractivity contribution in [3.8, 4) is 0 Å². The molecule has 1 aromatic carbocycles. The molecule has 1 heterocycles. The fraction of sp³-hybridized carbons (Fsp3) is 0.312. The summed E-state index contributed by atoms with van der Waals surface area (Å²) in [5.41, 5.74) is 0.550. The summed E-state index contributed by atoms with van der Waals surface area (Å²) in [6, 6.07) is 7.10. The van der Waals surface area contributed by atoms with Crippen LogP contribution in [0.3, 0.4) is 0 Å². The summed E-state index contributed by atoms with van der Waals surface area (Å²) in [6.07, 6.45) is -3.87. The molecule has 10 heteroatoms. The summed E-state index contributed by atoms with van der Waals surface area (Å²) in [6.45, 7) is 1.59. The Hall–Kier alpha value is -3.04. The number of hydrogen-bond donors (Lipinski definition) is 4. The molecule has 7 nitrogen and oxygen atoms in total. The summed E-state index contributed by atoms with van der Waals surface area (Å²) < 4.78 is 39.3. The number of amides is 1. The smallest absolute Gasteiger partial charge is 0.388 e. The second-order valence-electron chi connectivity index (χ2n) is 5.32. The van der Waals surface area contributed by atoms with Gasteiger partial charge < -0.3 is 21.3 Å². The Labute approximate surface area is 148 Å². The first kappa shape index (κ1) is 19.3. The number of nitrogens with one attached hydrogen (secondary N) is 4. The third kappa shape index (κ3) is 5.50. The molecule has 0 spiro atoms. The van der Waals surface area contributed by atoms with Crippen molar-refractivity contribution in [2.45, 2.75) is 13.1 Å². The Kier molecular flexibility index (Phi) is 6.21. The predicted octanol–water partition coefficient (Wildman–Crippen LogP) is 2.83. The Bertz CT molecular complexity index is 749. The summed E-state index contributed by atoms with van der Waals surface area (Å²) >= 11 is 0. The molecule has 140 valence electrons. The molecule has 0 aliphatic carbocycles. The van der Waals surface area contributed by atoms with Crippen LogP contribution in [0.1, 0.15) is 12.5 Å². The number of anilines is 4. The van der Waals surface area contributed by atoms with E-state index < -0.39 is 11.7 Å². The first-order valence-electron chi connectivity index (χ1n) is 7.77. The molecule has 0 unspecified atom stereocenters. The lowest BCUT2D eigenvalue weighted by Crippen LogP contribution is -2.27. The van der Waals surface area contributed by atoms with Gasteiger partial charge in [0.25, 0.3) is 0 Å². The van der Waals surface area contributed by atoms with Crippen LogP contribution in [0.4, 0.5) is 36.3 Å². The van der Waals surface area contributed by atoms with E-state index in [2.05, 4.69) is 31.2 Å². The van der Waals surface area contributed by atoms with Crippen LogP contribution in [0.15, 0.2) is 30.5 Å². The van der Waals surface area contributed by atoms with Gasteiger partial charge in [-0.1, -0.05) is 0 Å². The van der Waals surface area contributed by atoms with Gasteiger partial charge in [0, 0.05) is 44.6 Å². The number of alkyl halides is 3. The van der Waals surface area contributed by atoms with Crippen molar-refractivity contribution in [1.29, 1.82) is 0 Å². The van der Waals surface area contributed by atoms with E-state index in [-0.39, 0.29) is 30.8 Å². The Morgan fingerprint density at radius 3 is 2.35 bits per heavy atom. The number of halogens is 3. The number of rotatable bonds is 7. The highest BCUT2D eigenvalue weighted by Crippen LogP contribution is 2.34. The minimum Gasteiger partial charge on any atom is -0.388 e. The molecule has 0 aliphatic heterocycles. The number of nitrogens with zero attached hydrogens (tertiary/aromatic N) is 2. The number of benzene rings is 1. The van der Waals surface area contributed by atoms with E-state index in [4.69, 9.17) is 0 Å². The van der Waals surface area contributed by atoms with Crippen molar-refractivity contribution in [1.82, 2.24) is 15.3 Å². The monoisotopic (exact) mass is 368 g/mol. The minimum atomic E-state index is -4.59. The summed E-state index contributed by atoms with van der Waals surface area (Å²) in [5, 5.41) is 10.9. The second-order valence-corrected chi connectivity index (χ2v) is 5.32. The molecular weight excluding hydrogens is 349 g/mol. The van der Waals surface area contributed by atoms with E-state index in [1.165, 1.54) is 6.92 Å². The molecule has 0 fully saturated rings. The van der Waals surface area contributed by atoms with Crippen LogP contribution in [0, 0.1) is 0 Å². The number of aromatic nitrogens is 2. The topological polar surface area (TPSA) is 91.0 Å². The van der Waals surface area contributed by atoms with E-state index in [1.807, 2.05) is 0 Å². The van der Waals surface area contributed by atoms with Gasteiger partial charge in [-0.3, -0.25) is 4.79 Å². The maximum absolute atomic E-state index is 13.1. The van der Waals surface area contributed by atoms with Crippen LogP contribution < -0.4 is 21.3 Å². The average molecular weight is 368 g/mol. The minimum absolute atomic E-state index is 0.0252. The normalized spacial score (nSPS) is 11.0. The maximum atomic E-state index is 13.1. The van der Waals surface area contributed by atoms with Gasteiger partial charge >= 0.3 is 6.18 Å². The van der Waals surface area contributed by atoms with Crippen LogP contribution in [0.5, 0.6) is 0 Å². The SMILES string of the molecule is CNc1ccc(Nc2ncc(C(F)(F)F)c(NCCNC(C)=O)n2)cc1. The number of carbonyl (C=O) groups excluding carboxylic acids is 1. The largest absolute Gasteiger partial charge is 0.421 e. The third-order valence-corrected chi connectivity index (χ3v) is 3.32. The van der Waals surface area contributed by atoms with Gasteiger partial charge in [0.2, 0.25) is 11.9 Å². The molecule has 0 radical (unpaired) electrons. The molecule has 0 aliphatic rings. The standard InChI is InChI=1S/C16H19F3N6O/c1-10(26)21-7-8-22-14-13(16(17,18)19)9-23-15(25-14)24-12-5-3-11(20-2)4-6-12/h3-6,9,20H,7-8H2,1-2H3,(H,21,26)(H2,22,23,24,25). The molecule has 0 bridgehead atoms. The van der Waals surface area contributed by atoms with Crippen molar-refractivity contribution in [2.24, 2.45) is 0 Å². The Morgan fingerprint density at radius 1 is 1.12 bits per heavy atom. The molecule has 4 N–H and O–H groups in total. The highest BCUT2D eigenvalue weighted by molar-refractivity contribution is 5.72. The van der Waals surface area contributed by atoms with Gasteiger partial charge in [-0.05, 0) is 24.3 Å². The zero-order valence-electron chi connectivity index (χ0n) is 14.2. The highest BCUT2D eigenvalue weighted by atomic mass is 19.4. The molecule has 1 aromatic heterocycles. The van der Waals surface area contributed by atoms with E-state index in [1.54, 1.807) is 31.3 Å². The quantitative estimate of drug-likeness (QED) is 0.562. The van der Waals surface area contributed by atoms with Gasteiger partial charge in [-0.2, -0.15) is 18.2 Å². The average Bonchev–Trinajstić information content (AvgIpc) is 2.58. The van der Waals surface area contributed by atoms with Crippen LogP contribution >= 0.6 is 0 Å². The lowest BCUT2D eigenvalue weighted by atomic mass is 10.3. The van der Waals surface area contributed by atoms with Crippen LogP contribution in [-0.4, -0.2) is 36.0 Å². The maximum Gasteiger partial charge on any atom is 0.421 e. The Morgan fingerprint density at radius 2 is 1.77 bits per heavy atom. The zero-order chi connectivity index (χ0) is 19.2. The molecule has 2 rings (SSSR count). The molecular formula is C16H19F3N6O. The first-order chi connectivity index (χ1) is 12.3. The van der Waals surface area contributed by atoms with E-state index in [0.29, 0.717) is 5.69 Å². The number of hydrogen-bond acceptors (Lipinski definition) is 6. The molecule has 1 amide bonds. The van der Waals surface area contributed by atoms with Gasteiger partial charge in [0.15, 0.2) is 0 Å². The lowest BCUT2D eigenvalue weighted by Gasteiger charge is -2.15. The van der Waals surface area contributed by atoms with Crippen molar-refractivity contribution in [3.05, 3.63) is 36.0 Å².